The molecular formula is C37H44N6O9. The Morgan fingerprint density at radius 1 is 0.654 bits per heavy atom. The number of ether oxygens (including phenoxy) is 1. The predicted molar refractivity (Wildman–Crippen MR) is 190 cm³/mol. The summed E-state index contributed by atoms with van der Waals surface area (Å²) in [5.74, 6) is -3.64. The summed E-state index contributed by atoms with van der Waals surface area (Å²) in [6, 6.07) is 20.1. The van der Waals surface area contributed by atoms with Gasteiger partial charge in [-0.05, 0) is 41.2 Å². The standard InChI is InChI=1S/C37H44N6O9/c1-24(2)18-30(40-25(3)44)35(47)39-21-33(45)38-22-34(46)41-31(19-26-10-6-4-7-11-26)36(48)42-32(20-27-12-8-5-9-13-27)37(49)52-23-28-14-16-29(17-15-28)43(50)51/h4-17,24,30-32H,18-23H2,1-3H3,(H,38,45)(H,39,47)(H,40,44)(H,41,46)(H,42,48)/t30-,31-,32+/m1/s1. The monoisotopic (exact) mass is 716 g/mol. The van der Waals surface area contributed by atoms with Crippen LogP contribution >= 0.6 is 0 Å². The molecule has 0 aliphatic rings. The van der Waals surface area contributed by atoms with E-state index in [4.69, 9.17) is 4.74 Å². The number of esters is 1. The van der Waals surface area contributed by atoms with E-state index < -0.39 is 65.7 Å². The van der Waals surface area contributed by atoms with Crippen molar-refractivity contribution in [3.05, 3.63) is 112 Å². The summed E-state index contributed by atoms with van der Waals surface area (Å²) in [6.07, 6.45) is 0.488. The fraction of sp³-hybridized carbons (Fsp3) is 0.351. The average molecular weight is 717 g/mol. The van der Waals surface area contributed by atoms with E-state index in [1.165, 1.54) is 31.2 Å². The molecule has 0 unspecified atom stereocenters. The van der Waals surface area contributed by atoms with Crippen LogP contribution in [-0.2, 0) is 53.0 Å². The van der Waals surface area contributed by atoms with Gasteiger partial charge in [0.15, 0.2) is 0 Å². The Labute approximate surface area is 301 Å². The largest absolute Gasteiger partial charge is 0.459 e. The zero-order chi connectivity index (χ0) is 38.0. The fourth-order valence-electron chi connectivity index (χ4n) is 5.07. The zero-order valence-electron chi connectivity index (χ0n) is 29.3. The van der Waals surface area contributed by atoms with Crippen molar-refractivity contribution in [3.63, 3.8) is 0 Å². The molecule has 0 spiro atoms. The predicted octanol–water partition coefficient (Wildman–Crippen LogP) is 1.88. The third kappa shape index (κ3) is 14.4. The first kappa shape index (κ1) is 40.3. The number of hydrogen-bond donors (Lipinski definition) is 5. The molecule has 0 aliphatic heterocycles. The van der Waals surface area contributed by atoms with E-state index in [0.29, 0.717) is 17.5 Å². The molecule has 0 fully saturated rings. The SMILES string of the molecule is CC(=O)N[C@H](CC(C)C)C(=O)NCC(=O)NCC(=O)N[C@H](Cc1ccccc1)C(=O)N[C@@H](Cc1ccccc1)C(=O)OCc1ccc([N+](=O)[O-])cc1. The molecule has 3 atom stereocenters. The number of carbonyl (C=O) groups is 6. The lowest BCUT2D eigenvalue weighted by Gasteiger charge is -2.23. The van der Waals surface area contributed by atoms with Gasteiger partial charge in [0.2, 0.25) is 29.5 Å². The van der Waals surface area contributed by atoms with Crippen LogP contribution in [0, 0.1) is 16.0 Å². The van der Waals surface area contributed by atoms with Crippen molar-refractivity contribution in [2.24, 2.45) is 5.92 Å². The number of benzene rings is 3. The first-order valence-corrected chi connectivity index (χ1v) is 16.7. The van der Waals surface area contributed by atoms with Gasteiger partial charge in [0.25, 0.3) is 5.69 Å². The first-order valence-electron chi connectivity index (χ1n) is 16.7. The van der Waals surface area contributed by atoms with Crippen molar-refractivity contribution >= 4 is 41.2 Å². The minimum Gasteiger partial charge on any atom is -0.459 e. The van der Waals surface area contributed by atoms with Crippen LogP contribution in [0.1, 0.15) is 43.9 Å². The Kier molecular flexibility index (Phi) is 15.9. The third-order valence-corrected chi connectivity index (χ3v) is 7.62. The summed E-state index contributed by atoms with van der Waals surface area (Å²) >= 11 is 0. The molecule has 3 aromatic rings. The molecule has 15 nitrogen and oxygen atoms in total. The molecule has 3 aromatic carbocycles. The summed E-state index contributed by atoms with van der Waals surface area (Å²) in [4.78, 5) is 87.1. The van der Waals surface area contributed by atoms with Gasteiger partial charge in [-0.2, -0.15) is 0 Å². The van der Waals surface area contributed by atoms with E-state index in [9.17, 15) is 38.9 Å². The lowest BCUT2D eigenvalue weighted by molar-refractivity contribution is -0.384. The molecule has 0 bridgehead atoms. The molecule has 0 aromatic heterocycles. The summed E-state index contributed by atoms with van der Waals surface area (Å²) in [7, 11) is 0. The molecule has 0 radical (unpaired) electrons. The van der Waals surface area contributed by atoms with E-state index in [-0.39, 0.29) is 37.0 Å². The number of carbonyl (C=O) groups excluding carboxylic acids is 6. The Morgan fingerprint density at radius 3 is 1.75 bits per heavy atom. The second-order valence-electron chi connectivity index (χ2n) is 12.5. The molecule has 3 rings (SSSR count). The number of rotatable bonds is 19. The van der Waals surface area contributed by atoms with Gasteiger partial charge in [-0.3, -0.25) is 34.1 Å². The van der Waals surface area contributed by atoms with E-state index in [2.05, 4.69) is 26.6 Å². The molecule has 5 amide bonds. The van der Waals surface area contributed by atoms with Gasteiger partial charge in [0.05, 0.1) is 18.0 Å². The molecule has 0 heterocycles. The maximum atomic E-state index is 13.7. The topological polar surface area (TPSA) is 215 Å². The van der Waals surface area contributed by atoms with Crippen LogP contribution < -0.4 is 26.6 Å². The van der Waals surface area contributed by atoms with E-state index in [1.54, 1.807) is 60.7 Å². The van der Waals surface area contributed by atoms with Crippen LogP contribution in [0.4, 0.5) is 5.69 Å². The number of nitro benzene ring substituents is 1. The van der Waals surface area contributed by atoms with Crippen molar-refractivity contribution in [3.8, 4) is 0 Å². The van der Waals surface area contributed by atoms with Crippen molar-refractivity contribution in [2.75, 3.05) is 13.1 Å². The molecule has 0 saturated heterocycles. The van der Waals surface area contributed by atoms with Gasteiger partial charge in [-0.15, -0.1) is 0 Å². The maximum absolute atomic E-state index is 13.7. The van der Waals surface area contributed by atoms with Gasteiger partial charge in [-0.1, -0.05) is 74.5 Å². The molecular weight excluding hydrogens is 672 g/mol. The molecule has 15 heteroatoms. The van der Waals surface area contributed by atoms with Crippen LogP contribution in [0.25, 0.3) is 0 Å². The van der Waals surface area contributed by atoms with Gasteiger partial charge in [0, 0.05) is 31.9 Å². The van der Waals surface area contributed by atoms with Crippen molar-refractivity contribution < 1.29 is 38.4 Å². The van der Waals surface area contributed by atoms with Gasteiger partial charge in [0.1, 0.15) is 24.7 Å². The number of hydrogen-bond acceptors (Lipinski definition) is 9. The minimum atomic E-state index is -1.17. The van der Waals surface area contributed by atoms with E-state index in [0.717, 1.165) is 5.56 Å². The highest BCUT2D eigenvalue weighted by molar-refractivity contribution is 5.94. The van der Waals surface area contributed by atoms with Gasteiger partial charge >= 0.3 is 5.97 Å². The van der Waals surface area contributed by atoms with Crippen LogP contribution in [0.3, 0.4) is 0 Å². The van der Waals surface area contributed by atoms with Crippen LogP contribution in [-0.4, -0.2) is 71.6 Å². The lowest BCUT2D eigenvalue weighted by atomic mass is 10.0. The second-order valence-corrected chi connectivity index (χ2v) is 12.5. The number of non-ortho nitro benzene ring substituents is 1. The van der Waals surface area contributed by atoms with Crippen molar-refractivity contribution in [2.45, 2.75) is 64.8 Å². The molecule has 276 valence electrons. The Hall–Kier alpha value is -6.12. The van der Waals surface area contributed by atoms with Gasteiger partial charge in [-0.25, -0.2) is 4.79 Å². The highest BCUT2D eigenvalue weighted by Gasteiger charge is 2.29. The normalized spacial score (nSPS) is 12.4. The van der Waals surface area contributed by atoms with E-state index >= 15 is 0 Å². The molecule has 0 aliphatic carbocycles. The quantitative estimate of drug-likeness (QED) is 0.0695. The van der Waals surface area contributed by atoms with Gasteiger partial charge < -0.3 is 31.3 Å². The first-order chi connectivity index (χ1) is 24.8. The zero-order valence-corrected chi connectivity index (χ0v) is 29.3. The number of nitrogens with one attached hydrogen (secondary N) is 5. The van der Waals surface area contributed by atoms with Crippen LogP contribution in [0.15, 0.2) is 84.9 Å². The molecule has 5 N–H and O–H groups in total. The summed E-state index contributed by atoms with van der Waals surface area (Å²) < 4.78 is 5.49. The minimum absolute atomic E-state index is 0.0543. The highest BCUT2D eigenvalue weighted by Crippen LogP contribution is 2.14. The number of nitro groups is 1. The summed E-state index contributed by atoms with van der Waals surface area (Å²) in [5, 5.41) is 23.7. The summed E-state index contributed by atoms with van der Waals surface area (Å²) in [6.45, 7) is 3.90. The number of nitrogens with zero attached hydrogens (tertiary/aromatic N) is 1. The molecule has 52 heavy (non-hydrogen) atoms. The average Bonchev–Trinajstić information content (AvgIpc) is 3.11. The number of amides is 5. The summed E-state index contributed by atoms with van der Waals surface area (Å²) in [5.41, 5.74) is 1.83. The third-order valence-electron chi connectivity index (χ3n) is 7.62. The highest BCUT2D eigenvalue weighted by atomic mass is 16.6. The smallest absolute Gasteiger partial charge is 0.329 e. The fourth-order valence-corrected chi connectivity index (χ4v) is 5.07. The molecule has 0 saturated carbocycles. The van der Waals surface area contributed by atoms with Crippen LogP contribution in [0.2, 0.25) is 0 Å². The Morgan fingerprint density at radius 2 is 1.21 bits per heavy atom. The van der Waals surface area contributed by atoms with Crippen molar-refractivity contribution in [1.29, 1.82) is 0 Å². The van der Waals surface area contributed by atoms with Crippen LogP contribution in [0.5, 0.6) is 0 Å². The van der Waals surface area contributed by atoms with E-state index in [1.807, 2.05) is 13.8 Å². The second kappa shape index (κ2) is 20.5. The Bertz CT molecular complexity index is 1680. The Balaban J connectivity index is 1.67. The lowest BCUT2D eigenvalue weighted by Crippen LogP contribution is -2.55. The van der Waals surface area contributed by atoms with Crippen molar-refractivity contribution in [1.82, 2.24) is 26.6 Å². The maximum Gasteiger partial charge on any atom is 0.329 e.